The van der Waals surface area contributed by atoms with Gasteiger partial charge in [-0.3, -0.25) is 0 Å². The van der Waals surface area contributed by atoms with Crippen LogP contribution in [0.1, 0.15) is 11.1 Å². The second-order valence-electron chi connectivity index (χ2n) is 5.37. The summed E-state index contributed by atoms with van der Waals surface area (Å²) in [5.41, 5.74) is 2.04. The molecule has 0 spiro atoms. The Morgan fingerprint density at radius 3 is 1.70 bits per heavy atom. The summed E-state index contributed by atoms with van der Waals surface area (Å²) in [4.78, 5) is 0. The molecule has 23 heavy (non-hydrogen) atoms. The number of aryl methyl sites for hydroxylation is 2. The van der Waals surface area contributed by atoms with Crippen LogP contribution in [0.3, 0.4) is 0 Å². The maximum absolute atomic E-state index is 9.77. The first kappa shape index (κ1) is 15.0. The van der Waals surface area contributed by atoms with Crippen LogP contribution in [0.15, 0.2) is 66.7 Å². The standard InChI is InChI=1S/C20H18O3/c1-14-7-3-5-9-17(14)22-19-12-11-16(21)13-20(19)23-18-10-6-4-8-15(18)2/h3-13,21H,1-2H3. The van der Waals surface area contributed by atoms with Crippen LogP contribution in [-0.2, 0) is 0 Å². The minimum Gasteiger partial charge on any atom is -0.508 e. The van der Waals surface area contributed by atoms with Crippen molar-refractivity contribution >= 4 is 0 Å². The minimum atomic E-state index is 0.130. The normalized spacial score (nSPS) is 10.3. The van der Waals surface area contributed by atoms with Gasteiger partial charge in [-0.25, -0.2) is 0 Å². The average Bonchev–Trinajstić information content (AvgIpc) is 2.54. The van der Waals surface area contributed by atoms with Gasteiger partial charge in [0.15, 0.2) is 11.5 Å². The topological polar surface area (TPSA) is 38.7 Å². The molecule has 3 nitrogen and oxygen atoms in total. The van der Waals surface area contributed by atoms with Crippen molar-refractivity contribution in [1.82, 2.24) is 0 Å². The molecular weight excluding hydrogens is 288 g/mol. The Kier molecular flexibility index (Phi) is 4.20. The minimum absolute atomic E-state index is 0.130. The highest BCUT2D eigenvalue weighted by Gasteiger charge is 2.11. The third-order valence-corrected chi connectivity index (χ3v) is 3.55. The van der Waals surface area contributed by atoms with Crippen molar-refractivity contribution < 1.29 is 14.6 Å². The summed E-state index contributed by atoms with van der Waals surface area (Å²) in [6.07, 6.45) is 0. The van der Waals surface area contributed by atoms with Gasteiger partial charge in [0.05, 0.1) is 0 Å². The average molecular weight is 306 g/mol. The van der Waals surface area contributed by atoms with E-state index in [0.717, 1.165) is 22.6 Å². The van der Waals surface area contributed by atoms with Crippen molar-refractivity contribution in [2.45, 2.75) is 13.8 Å². The van der Waals surface area contributed by atoms with E-state index in [4.69, 9.17) is 9.47 Å². The van der Waals surface area contributed by atoms with E-state index in [0.29, 0.717) is 11.5 Å². The van der Waals surface area contributed by atoms with Gasteiger partial charge >= 0.3 is 0 Å². The fraction of sp³-hybridized carbons (Fsp3) is 0.100. The van der Waals surface area contributed by atoms with E-state index in [1.165, 1.54) is 0 Å². The van der Waals surface area contributed by atoms with Crippen molar-refractivity contribution in [2.75, 3.05) is 0 Å². The van der Waals surface area contributed by atoms with Crippen LogP contribution in [0.2, 0.25) is 0 Å². The van der Waals surface area contributed by atoms with E-state index in [1.807, 2.05) is 62.4 Å². The lowest BCUT2D eigenvalue weighted by molar-refractivity contribution is 0.408. The highest BCUT2D eigenvalue weighted by Crippen LogP contribution is 2.38. The molecule has 0 saturated carbocycles. The molecule has 0 aliphatic heterocycles. The summed E-state index contributed by atoms with van der Waals surface area (Å²) in [6, 6.07) is 20.3. The van der Waals surface area contributed by atoms with Crippen molar-refractivity contribution in [3.63, 3.8) is 0 Å². The number of phenols is 1. The Bertz CT molecular complexity index is 825. The van der Waals surface area contributed by atoms with Crippen LogP contribution in [0, 0.1) is 13.8 Å². The Balaban J connectivity index is 1.95. The van der Waals surface area contributed by atoms with Gasteiger partial charge in [-0.2, -0.15) is 0 Å². The lowest BCUT2D eigenvalue weighted by Gasteiger charge is -2.15. The highest BCUT2D eigenvalue weighted by molar-refractivity contribution is 5.50. The zero-order valence-corrected chi connectivity index (χ0v) is 13.1. The summed E-state index contributed by atoms with van der Waals surface area (Å²) in [6.45, 7) is 3.96. The molecular formula is C20H18O3. The lowest BCUT2D eigenvalue weighted by Crippen LogP contribution is -1.93. The van der Waals surface area contributed by atoms with Gasteiger partial charge in [0.1, 0.15) is 17.2 Å². The SMILES string of the molecule is Cc1ccccc1Oc1ccc(O)cc1Oc1ccccc1C. The molecule has 0 aliphatic rings. The quantitative estimate of drug-likeness (QED) is 0.682. The molecule has 116 valence electrons. The third kappa shape index (κ3) is 3.46. The molecule has 0 aromatic heterocycles. The number of ether oxygens (including phenoxy) is 2. The predicted octanol–water partition coefficient (Wildman–Crippen LogP) is 5.59. The van der Waals surface area contributed by atoms with Gasteiger partial charge in [-0.1, -0.05) is 36.4 Å². The first-order chi connectivity index (χ1) is 11.1. The van der Waals surface area contributed by atoms with Gasteiger partial charge in [0.2, 0.25) is 0 Å². The molecule has 3 aromatic rings. The van der Waals surface area contributed by atoms with Crippen LogP contribution in [0.4, 0.5) is 0 Å². The second-order valence-corrected chi connectivity index (χ2v) is 5.37. The molecule has 0 amide bonds. The summed E-state index contributed by atoms with van der Waals surface area (Å²) >= 11 is 0. The molecule has 0 unspecified atom stereocenters. The summed E-state index contributed by atoms with van der Waals surface area (Å²) in [5.74, 6) is 2.65. The van der Waals surface area contributed by atoms with Crippen molar-refractivity contribution in [3.8, 4) is 28.7 Å². The van der Waals surface area contributed by atoms with Crippen LogP contribution in [0.5, 0.6) is 28.7 Å². The van der Waals surface area contributed by atoms with Crippen molar-refractivity contribution in [3.05, 3.63) is 77.9 Å². The fourth-order valence-electron chi connectivity index (χ4n) is 2.24. The van der Waals surface area contributed by atoms with Crippen LogP contribution in [0.25, 0.3) is 0 Å². The summed E-state index contributed by atoms with van der Waals surface area (Å²) in [5, 5.41) is 9.77. The monoisotopic (exact) mass is 306 g/mol. The van der Waals surface area contributed by atoms with Crippen LogP contribution in [-0.4, -0.2) is 5.11 Å². The van der Waals surface area contributed by atoms with Crippen molar-refractivity contribution in [2.24, 2.45) is 0 Å². The van der Waals surface area contributed by atoms with Gasteiger partial charge in [-0.15, -0.1) is 0 Å². The fourth-order valence-corrected chi connectivity index (χ4v) is 2.24. The van der Waals surface area contributed by atoms with E-state index in [-0.39, 0.29) is 5.75 Å². The number of para-hydroxylation sites is 2. The van der Waals surface area contributed by atoms with E-state index in [2.05, 4.69) is 0 Å². The summed E-state index contributed by atoms with van der Waals surface area (Å²) < 4.78 is 11.9. The van der Waals surface area contributed by atoms with Crippen LogP contribution < -0.4 is 9.47 Å². The van der Waals surface area contributed by atoms with E-state index in [1.54, 1.807) is 18.2 Å². The first-order valence-electron chi connectivity index (χ1n) is 7.43. The zero-order chi connectivity index (χ0) is 16.2. The zero-order valence-electron chi connectivity index (χ0n) is 13.1. The second kappa shape index (κ2) is 6.44. The van der Waals surface area contributed by atoms with E-state index >= 15 is 0 Å². The van der Waals surface area contributed by atoms with Gasteiger partial charge in [0, 0.05) is 6.07 Å². The molecule has 0 aliphatic carbocycles. The number of phenolic OH excluding ortho intramolecular Hbond substituents is 1. The third-order valence-electron chi connectivity index (χ3n) is 3.55. The molecule has 0 saturated heterocycles. The number of hydrogen-bond donors (Lipinski definition) is 1. The smallest absolute Gasteiger partial charge is 0.173 e. The molecule has 0 fully saturated rings. The van der Waals surface area contributed by atoms with E-state index in [9.17, 15) is 5.11 Å². The summed E-state index contributed by atoms with van der Waals surface area (Å²) in [7, 11) is 0. The van der Waals surface area contributed by atoms with Gasteiger partial charge < -0.3 is 14.6 Å². The molecule has 0 radical (unpaired) electrons. The largest absolute Gasteiger partial charge is 0.508 e. The molecule has 0 atom stereocenters. The predicted molar refractivity (Wildman–Crippen MR) is 90.6 cm³/mol. The van der Waals surface area contributed by atoms with Crippen molar-refractivity contribution in [1.29, 1.82) is 0 Å². The number of benzene rings is 3. The van der Waals surface area contributed by atoms with Crippen LogP contribution >= 0.6 is 0 Å². The Morgan fingerprint density at radius 2 is 1.13 bits per heavy atom. The Hall–Kier alpha value is -2.94. The molecule has 1 N–H and O–H groups in total. The molecule has 3 rings (SSSR count). The molecule has 3 heteroatoms. The van der Waals surface area contributed by atoms with E-state index < -0.39 is 0 Å². The Morgan fingerprint density at radius 1 is 0.609 bits per heavy atom. The first-order valence-corrected chi connectivity index (χ1v) is 7.43. The maximum Gasteiger partial charge on any atom is 0.173 e. The van der Waals surface area contributed by atoms with Gasteiger partial charge in [-0.05, 0) is 49.2 Å². The maximum atomic E-state index is 9.77. The highest BCUT2D eigenvalue weighted by atomic mass is 16.5. The number of hydrogen-bond acceptors (Lipinski definition) is 3. The molecule has 0 bridgehead atoms. The molecule has 3 aromatic carbocycles. The number of aromatic hydroxyl groups is 1. The number of rotatable bonds is 4. The Labute approximate surface area is 135 Å². The lowest BCUT2D eigenvalue weighted by atomic mass is 10.2. The van der Waals surface area contributed by atoms with Gasteiger partial charge in [0.25, 0.3) is 0 Å². The molecule has 0 heterocycles.